The van der Waals surface area contributed by atoms with Gasteiger partial charge in [-0.15, -0.1) is 0 Å². The second-order valence-corrected chi connectivity index (χ2v) is 4.03. The lowest BCUT2D eigenvalue weighted by Gasteiger charge is -2.12. The van der Waals surface area contributed by atoms with Crippen molar-refractivity contribution in [2.45, 2.75) is 39.7 Å². The van der Waals surface area contributed by atoms with E-state index < -0.39 is 0 Å². The van der Waals surface area contributed by atoms with Crippen LogP contribution in [0.25, 0.3) is 0 Å². The Labute approximate surface area is 91.7 Å². The van der Waals surface area contributed by atoms with E-state index in [1.807, 2.05) is 38.1 Å². The Kier molecular flexibility index (Phi) is 4.35. The number of aryl methyl sites for hydroxylation is 1. The van der Waals surface area contributed by atoms with Crippen LogP contribution in [0, 0.1) is 6.92 Å². The van der Waals surface area contributed by atoms with Crippen LogP contribution in [0.3, 0.4) is 0 Å². The molecule has 0 fully saturated rings. The average Bonchev–Trinajstić information content (AvgIpc) is 2.18. The highest BCUT2D eigenvalue weighted by Gasteiger charge is 2.08. The molecule has 0 saturated heterocycles. The Hall–Kier alpha value is -1.31. The number of amides is 1. The fraction of sp³-hybridized carbons (Fsp3) is 0.462. The van der Waals surface area contributed by atoms with E-state index in [0.29, 0.717) is 0 Å². The Morgan fingerprint density at radius 1 is 1.47 bits per heavy atom. The maximum absolute atomic E-state index is 11.8. The molecule has 1 aromatic rings. The largest absolute Gasteiger partial charge is 0.350 e. The lowest BCUT2D eigenvalue weighted by atomic mass is 10.1. The lowest BCUT2D eigenvalue weighted by molar-refractivity contribution is 0.0938. The summed E-state index contributed by atoms with van der Waals surface area (Å²) in [5.74, 6) is 0.0275. The fourth-order valence-electron chi connectivity index (χ4n) is 1.60. The summed E-state index contributed by atoms with van der Waals surface area (Å²) in [5.41, 5.74) is 1.86. The van der Waals surface area contributed by atoms with E-state index in [9.17, 15) is 4.79 Å². The van der Waals surface area contributed by atoms with Crippen molar-refractivity contribution in [2.24, 2.45) is 0 Å². The van der Waals surface area contributed by atoms with E-state index in [1.165, 1.54) is 0 Å². The normalized spacial score (nSPS) is 12.2. The first-order valence-electron chi connectivity index (χ1n) is 5.51. The van der Waals surface area contributed by atoms with Gasteiger partial charge in [0.2, 0.25) is 0 Å². The lowest BCUT2D eigenvalue weighted by Crippen LogP contribution is -2.32. The third-order valence-electron chi connectivity index (χ3n) is 2.38. The van der Waals surface area contributed by atoms with Crippen molar-refractivity contribution < 1.29 is 4.79 Å². The summed E-state index contributed by atoms with van der Waals surface area (Å²) in [7, 11) is 0. The highest BCUT2D eigenvalue weighted by atomic mass is 16.1. The molecule has 0 aliphatic carbocycles. The molecule has 1 rings (SSSR count). The van der Waals surface area contributed by atoms with Gasteiger partial charge in [-0.05, 0) is 32.4 Å². The van der Waals surface area contributed by atoms with Gasteiger partial charge in [0.15, 0.2) is 0 Å². The van der Waals surface area contributed by atoms with Crippen LogP contribution in [0.5, 0.6) is 0 Å². The van der Waals surface area contributed by atoms with Crippen LogP contribution in [0.2, 0.25) is 0 Å². The van der Waals surface area contributed by atoms with Gasteiger partial charge in [0.1, 0.15) is 0 Å². The zero-order valence-electron chi connectivity index (χ0n) is 9.71. The molecule has 0 bridgehead atoms. The highest BCUT2D eigenvalue weighted by molar-refractivity contribution is 5.94. The first-order valence-corrected chi connectivity index (χ1v) is 5.51. The molecule has 0 aliphatic rings. The summed E-state index contributed by atoms with van der Waals surface area (Å²) in [4.78, 5) is 11.8. The minimum absolute atomic E-state index is 0.0275. The van der Waals surface area contributed by atoms with Crippen molar-refractivity contribution in [2.75, 3.05) is 0 Å². The van der Waals surface area contributed by atoms with E-state index in [0.717, 1.165) is 24.0 Å². The van der Waals surface area contributed by atoms with Crippen LogP contribution in [0.1, 0.15) is 42.6 Å². The van der Waals surface area contributed by atoms with Crippen LogP contribution in [0.4, 0.5) is 0 Å². The predicted octanol–water partition coefficient (Wildman–Crippen LogP) is 2.91. The minimum Gasteiger partial charge on any atom is -0.350 e. The molecular formula is C13H19NO. The van der Waals surface area contributed by atoms with E-state index in [2.05, 4.69) is 12.2 Å². The summed E-state index contributed by atoms with van der Waals surface area (Å²) in [6.07, 6.45) is 2.12. The van der Waals surface area contributed by atoms with Gasteiger partial charge in [-0.3, -0.25) is 4.79 Å². The van der Waals surface area contributed by atoms with Crippen LogP contribution in [-0.4, -0.2) is 11.9 Å². The van der Waals surface area contributed by atoms with E-state index in [1.54, 1.807) is 0 Å². The fourth-order valence-corrected chi connectivity index (χ4v) is 1.60. The number of benzene rings is 1. The molecule has 0 aliphatic heterocycles. The molecular weight excluding hydrogens is 186 g/mol. The summed E-state index contributed by atoms with van der Waals surface area (Å²) >= 11 is 0. The van der Waals surface area contributed by atoms with Gasteiger partial charge in [0, 0.05) is 11.6 Å². The van der Waals surface area contributed by atoms with Gasteiger partial charge in [-0.25, -0.2) is 0 Å². The highest BCUT2D eigenvalue weighted by Crippen LogP contribution is 2.05. The quantitative estimate of drug-likeness (QED) is 0.804. The van der Waals surface area contributed by atoms with Crippen molar-refractivity contribution in [1.29, 1.82) is 0 Å². The Morgan fingerprint density at radius 2 is 2.20 bits per heavy atom. The molecule has 0 spiro atoms. The Morgan fingerprint density at radius 3 is 2.80 bits per heavy atom. The van der Waals surface area contributed by atoms with Gasteiger partial charge in [0.25, 0.3) is 5.91 Å². The minimum atomic E-state index is 0.0275. The summed E-state index contributed by atoms with van der Waals surface area (Å²) in [6, 6.07) is 7.92. The van der Waals surface area contributed by atoms with Crippen molar-refractivity contribution >= 4 is 5.91 Å². The molecule has 1 amide bonds. The SMILES string of the molecule is CCCC(C)NC(=O)c1cccc(C)c1. The van der Waals surface area contributed by atoms with Crippen molar-refractivity contribution in [3.8, 4) is 0 Å². The molecule has 1 atom stereocenters. The molecule has 2 heteroatoms. The number of carbonyl (C=O) groups excluding carboxylic acids is 1. The van der Waals surface area contributed by atoms with Crippen LogP contribution >= 0.6 is 0 Å². The van der Waals surface area contributed by atoms with Gasteiger partial charge in [-0.2, -0.15) is 0 Å². The van der Waals surface area contributed by atoms with Gasteiger partial charge in [0.05, 0.1) is 0 Å². The molecule has 15 heavy (non-hydrogen) atoms. The topological polar surface area (TPSA) is 29.1 Å². The third kappa shape index (κ3) is 3.74. The number of hydrogen-bond donors (Lipinski definition) is 1. The summed E-state index contributed by atoms with van der Waals surface area (Å²) in [6.45, 7) is 6.15. The van der Waals surface area contributed by atoms with Crippen LogP contribution in [0.15, 0.2) is 24.3 Å². The first kappa shape index (κ1) is 11.8. The standard InChI is InChI=1S/C13H19NO/c1-4-6-11(3)14-13(15)12-8-5-7-10(2)9-12/h5,7-9,11H,4,6H2,1-3H3,(H,14,15). The molecule has 1 N–H and O–H groups in total. The van der Waals surface area contributed by atoms with Crippen molar-refractivity contribution in [3.05, 3.63) is 35.4 Å². The molecule has 2 nitrogen and oxygen atoms in total. The zero-order valence-corrected chi connectivity index (χ0v) is 9.71. The van der Waals surface area contributed by atoms with Crippen LogP contribution in [-0.2, 0) is 0 Å². The maximum atomic E-state index is 11.8. The van der Waals surface area contributed by atoms with E-state index >= 15 is 0 Å². The molecule has 82 valence electrons. The van der Waals surface area contributed by atoms with Crippen LogP contribution < -0.4 is 5.32 Å². The van der Waals surface area contributed by atoms with Gasteiger partial charge < -0.3 is 5.32 Å². The van der Waals surface area contributed by atoms with Gasteiger partial charge >= 0.3 is 0 Å². The first-order chi connectivity index (χ1) is 7.13. The van der Waals surface area contributed by atoms with Gasteiger partial charge in [-0.1, -0.05) is 31.0 Å². The second-order valence-electron chi connectivity index (χ2n) is 4.03. The number of nitrogens with one attached hydrogen (secondary N) is 1. The molecule has 0 radical (unpaired) electrons. The molecule has 0 saturated carbocycles. The van der Waals surface area contributed by atoms with Crippen molar-refractivity contribution in [1.82, 2.24) is 5.32 Å². The Bertz CT molecular complexity index is 333. The molecule has 0 aromatic heterocycles. The number of carbonyl (C=O) groups is 1. The monoisotopic (exact) mass is 205 g/mol. The van der Waals surface area contributed by atoms with E-state index in [4.69, 9.17) is 0 Å². The second kappa shape index (κ2) is 5.54. The summed E-state index contributed by atoms with van der Waals surface area (Å²) < 4.78 is 0. The third-order valence-corrected chi connectivity index (χ3v) is 2.38. The molecule has 0 heterocycles. The predicted molar refractivity (Wildman–Crippen MR) is 63.0 cm³/mol. The van der Waals surface area contributed by atoms with E-state index in [-0.39, 0.29) is 11.9 Å². The number of rotatable bonds is 4. The average molecular weight is 205 g/mol. The molecule has 1 aromatic carbocycles. The zero-order chi connectivity index (χ0) is 11.3. The maximum Gasteiger partial charge on any atom is 0.251 e. The summed E-state index contributed by atoms with van der Waals surface area (Å²) in [5, 5.41) is 2.99. The smallest absolute Gasteiger partial charge is 0.251 e. The van der Waals surface area contributed by atoms with Crippen molar-refractivity contribution in [3.63, 3.8) is 0 Å². The Balaban J connectivity index is 2.61. The molecule has 1 unspecified atom stereocenters. The number of hydrogen-bond acceptors (Lipinski definition) is 1.